The Hall–Kier alpha value is -4.93. The Morgan fingerprint density at radius 1 is 0.841 bits per heavy atom. The molecule has 0 aliphatic carbocycles. The second-order valence-electron chi connectivity index (χ2n) is 11.1. The summed E-state index contributed by atoms with van der Waals surface area (Å²) in [5.41, 5.74) is 5.52. The highest BCUT2D eigenvalue weighted by atomic mass is 32.2. The van der Waals surface area contributed by atoms with Gasteiger partial charge in [0.25, 0.3) is 15.9 Å². The van der Waals surface area contributed by atoms with Crippen molar-refractivity contribution in [3.05, 3.63) is 119 Å². The van der Waals surface area contributed by atoms with Crippen molar-refractivity contribution in [2.75, 3.05) is 53.5 Å². The first-order chi connectivity index (χ1) is 21.2. The summed E-state index contributed by atoms with van der Waals surface area (Å²) in [6.45, 7) is 5.88. The van der Waals surface area contributed by atoms with Gasteiger partial charge >= 0.3 is 0 Å². The summed E-state index contributed by atoms with van der Waals surface area (Å²) in [5, 5.41) is 6.07. The molecule has 44 heavy (non-hydrogen) atoms. The third-order valence-electron chi connectivity index (χ3n) is 7.86. The number of ketones is 1. The van der Waals surface area contributed by atoms with E-state index < -0.39 is 10.0 Å². The number of likely N-dealkylation sites (N-methyl/N-ethyl adjacent to an activating group) is 1. The van der Waals surface area contributed by atoms with Crippen LogP contribution in [0.15, 0.2) is 102 Å². The van der Waals surface area contributed by atoms with E-state index in [2.05, 4.69) is 44.3 Å². The molecule has 4 aromatic carbocycles. The van der Waals surface area contributed by atoms with E-state index in [1.807, 2.05) is 25.1 Å². The van der Waals surface area contributed by atoms with Gasteiger partial charge < -0.3 is 20.4 Å². The number of benzene rings is 4. The van der Waals surface area contributed by atoms with Crippen LogP contribution >= 0.6 is 0 Å². The lowest BCUT2D eigenvalue weighted by Gasteiger charge is -2.34. The van der Waals surface area contributed by atoms with E-state index in [0.29, 0.717) is 28.0 Å². The van der Waals surface area contributed by atoms with Gasteiger partial charge in [-0.15, -0.1) is 0 Å². The molecule has 6 rings (SSSR count). The fraction of sp³-hybridized carbons (Fsp3) is 0.176. The summed E-state index contributed by atoms with van der Waals surface area (Å²) < 4.78 is 28.3. The highest BCUT2D eigenvalue weighted by Gasteiger charge is 2.26. The lowest BCUT2D eigenvalue weighted by molar-refractivity contribution is -0.110. The Kier molecular flexibility index (Phi) is 7.94. The van der Waals surface area contributed by atoms with Crippen molar-refractivity contribution in [1.82, 2.24) is 4.90 Å². The van der Waals surface area contributed by atoms with Gasteiger partial charge in [0.1, 0.15) is 0 Å². The quantitative estimate of drug-likeness (QED) is 0.187. The van der Waals surface area contributed by atoms with Crippen LogP contribution in [0.5, 0.6) is 0 Å². The Morgan fingerprint density at radius 2 is 1.57 bits per heavy atom. The first kappa shape index (κ1) is 29.2. The molecule has 0 bridgehead atoms. The number of nitrogens with zero attached hydrogens (tertiary/aromatic N) is 2. The number of fused-ring (bicyclic) bond motifs is 1. The van der Waals surface area contributed by atoms with E-state index in [1.165, 1.54) is 17.8 Å². The smallest absolute Gasteiger partial charge is 0.261 e. The number of hydrogen-bond acceptors (Lipinski definition) is 7. The van der Waals surface area contributed by atoms with E-state index >= 15 is 0 Å². The van der Waals surface area contributed by atoms with Crippen LogP contribution in [0.3, 0.4) is 0 Å². The van der Waals surface area contributed by atoms with Crippen molar-refractivity contribution in [3.63, 3.8) is 0 Å². The van der Waals surface area contributed by atoms with Crippen LogP contribution in [-0.2, 0) is 14.8 Å². The number of amides is 1. The number of aryl methyl sites for hydroxylation is 1. The summed E-state index contributed by atoms with van der Waals surface area (Å²) in [7, 11) is -1.69. The van der Waals surface area contributed by atoms with Gasteiger partial charge in [-0.3, -0.25) is 14.3 Å². The van der Waals surface area contributed by atoms with Gasteiger partial charge in [-0.2, -0.15) is 0 Å². The predicted molar refractivity (Wildman–Crippen MR) is 175 cm³/mol. The van der Waals surface area contributed by atoms with Crippen LogP contribution in [0.2, 0.25) is 0 Å². The molecule has 0 radical (unpaired) electrons. The van der Waals surface area contributed by atoms with Crippen molar-refractivity contribution in [3.8, 4) is 0 Å². The van der Waals surface area contributed by atoms with Gasteiger partial charge in [0.05, 0.1) is 10.5 Å². The standard InChI is InChI=1S/C34H33N5O4S/c1-23-5-3-8-29(19-23)44(42,43)37-27-7-4-6-24(20-27)33(40)25-9-14-30-31(34(41)36-32(30)21-25)22-35-26-10-12-28(13-11-26)39-17-15-38(2)16-18-39/h3-14,19-22,35,37H,15-18H2,1-2H3,(H,36,41)/b31-22+. The molecule has 0 spiro atoms. The van der Waals surface area contributed by atoms with Crippen LogP contribution < -0.4 is 20.3 Å². The monoisotopic (exact) mass is 607 g/mol. The summed E-state index contributed by atoms with van der Waals surface area (Å²) in [4.78, 5) is 31.0. The topological polar surface area (TPSA) is 111 Å². The van der Waals surface area contributed by atoms with Crippen molar-refractivity contribution >= 4 is 50.0 Å². The average Bonchev–Trinajstić information content (AvgIpc) is 3.34. The summed E-state index contributed by atoms with van der Waals surface area (Å²) in [5.74, 6) is -0.562. The maximum Gasteiger partial charge on any atom is 0.261 e. The van der Waals surface area contributed by atoms with E-state index in [0.717, 1.165) is 37.4 Å². The Balaban J connectivity index is 1.15. The van der Waals surface area contributed by atoms with Gasteiger partial charge in [0.2, 0.25) is 0 Å². The highest BCUT2D eigenvalue weighted by Crippen LogP contribution is 2.33. The first-order valence-electron chi connectivity index (χ1n) is 14.4. The zero-order valence-corrected chi connectivity index (χ0v) is 25.3. The van der Waals surface area contributed by atoms with E-state index in [1.54, 1.807) is 54.7 Å². The molecule has 0 saturated carbocycles. The molecule has 2 aliphatic heterocycles. The first-order valence-corrected chi connectivity index (χ1v) is 15.8. The number of carbonyl (C=O) groups is 2. The molecule has 9 nitrogen and oxygen atoms in total. The summed E-state index contributed by atoms with van der Waals surface area (Å²) in [6.07, 6.45) is 1.68. The molecule has 1 fully saturated rings. The zero-order chi connectivity index (χ0) is 30.8. The van der Waals surface area contributed by atoms with Crippen molar-refractivity contribution in [2.45, 2.75) is 11.8 Å². The maximum absolute atomic E-state index is 13.4. The summed E-state index contributed by atoms with van der Waals surface area (Å²) >= 11 is 0. The third kappa shape index (κ3) is 6.22. The largest absolute Gasteiger partial charge is 0.369 e. The summed E-state index contributed by atoms with van der Waals surface area (Å²) in [6, 6.07) is 26.2. The zero-order valence-electron chi connectivity index (χ0n) is 24.5. The molecule has 0 unspecified atom stereocenters. The second kappa shape index (κ2) is 12.0. The Morgan fingerprint density at radius 3 is 2.32 bits per heavy atom. The number of anilines is 4. The fourth-order valence-electron chi connectivity index (χ4n) is 5.35. The average molecular weight is 608 g/mol. The molecular formula is C34H33N5O4S. The third-order valence-corrected chi connectivity index (χ3v) is 9.24. The SMILES string of the molecule is Cc1cccc(S(=O)(=O)Nc2cccc(C(=O)c3ccc4c(c3)NC(=O)/C4=C/Nc3ccc(N4CCN(C)CC4)cc3)c2)c1. The van der Waals surface area contributed by atoms with Crippen LogP contribution in [0.4, 0.5) is 22.7 Å². The van der Waals surface area contributed by atoms with Gasteiger partial charge in [0.15, 0.2) is 5.78 Å². The fourth-order valence-corrected chi connectivity index (χ4v) is 6.51. The van der Waals surface area contributed by atoms with Gasteiger partial charge in [-0.25, -0.2) is 8.42 Å². The van der Waals surface area contributed by atoms with Crippen molar-refractivity contribution < 1.29 is 18.0 Å². The molecule has 4 aromatic rings. The normalized spacial score (nSPS) is 16.0. The van der Waals surface area contributed by atoms with Gasteiger partial charge in [-0.1, -0.05) is 36.4 Å². The number of sulfonamides is 1. The minimum Gasteiger partial charge on any atom is -0.369 e. The van der Waals surface area contributed by atoms with Gasteiger partial charge in [0, 0.05) is 71.8 Å². The Labute approximate surface area is 257 Å². The minimum atomic E-state index is -3.82. The van der Waals surface area contributed by atoms with Crippen LogP contribution in [-0.4, -0.2) is 58.2 Å². The molecule has 10 heteroatoms. The molecule has 3 N–H and O–H groups in total. The Bertz CT molecular complexity index is 1880. The van der Waals surface area contributed by atoms with E-state index in [4.69, 9.17) is 0 Å². The second-order valence-corrected chi connectivity index (χ2v) is 12.8. The number of nitrogens with one attached hydrogen (secondary N) is 3. The molecule has 2 aliphatic rings. The maximum atomic E-state index is 13.4. The van der Waals surface area contributed by atoms with Crippen LogP contribution in [0, 0.1) is 6.92 Å². The number of carbonyl (C=O) groups excluding carboxylic acids is 2. The number of rotatable bonds is 8. The molecule has 2 heterocycles. The molecule has 1 saturated heterocycles. The number of piperazine rings is 1. The van der Waals surface area contributed by atoms with Crippen molar-refractivity contribution in [1.29, 1.82) is 0 Å². The highest BCUT2D eigenvalue weighted by molar-refractivity contribution is 7.92. The van der Waals surface area contributed by atoms with Crippen LogP contribution in [0.1, 0.15) is 27.0 Å². The molecule has 224 valence electrons. The molecular weight excluding hydrogens is 574 g/mol. The number of hydrogen-bond donors (Lipinski definition) is 3. The molecule has 0 aromatic heterocycles. The van der Waals surface area contributed by atoms with Gasteiger partial charge in [-0.05, 0) is 74.1 Å². The van der Waals surface area contributed by atoms with E-state index in [-0.39, 0.29) is 22.3 Å². The lowest BCUT2D eigenvalue weighted by Crippen LogP contribution is -2.44. The molecule has 0 atom stereocenters. The van der Waals surface area contributed by atoms with Crippen LogP contribution in [0.25, 0.3) is 5.57 Å². The lowest BCUT2D eigenvalue weighted by atomic mass is 9.99. The molecule has 1 amide bonds. The van der Waals surface area contributed by atoms with E-state index in [9.17, 15) is 18.0 Å². The predicted octanol–water partition coefficient (Wildman–Crippen LogP) is 5.18. The minimum absolute atomic E-state index is 0.143. The van der Waals surface area contributed by atoms with Crippen molar-refractivity contribution in [2.24, 2.45) is 0 Å².